The van der Waals surface area contributed by atoms with Crippen molar-refractivity contribution in [3.05, 3.63) is 41.7 Å². The van der Waals surface area contributed by atoms with Crippen LogP contribution in [0.5, 0.6) is 0 Å². The number of piperidine rings is 1. The monoisotopic (exact) mass is 410 g/mol. The number of rotatable bonds is 4. The molecule has 7 heteroatoms. The number of amides is 2. The number of likely N-dealkylation sites (tertiary alicyclic amines) is 1. The minimum Gasteiger partial charge on any atom is -0.462 e. The molecule has 2 amide bonds. The van der Waals surface area contributed by atoms with Gasteiger partial charge in [0.2, 0.25) is 0 Å². The molecule has 0 spiro atoms. The first-order chi connectivity index (χ1) is 14.6. The summed E-state index contributed by atoms with van der Waals surface area (Å²) in [4.78, 5) is 26.7. The molecular weight excluding hydrogens is 380 g/mol. The first kappa shape index (κ1) is 20.4. The lowest BCUT2D eigenvalue weighted by molar-refractivity contribution is 0.0525. The Balaban J connectivity index is 1.39. The van der Waals surface area contributed by atoms with E-state index in [0.717, 1.165) is 42.5 Å². The second kappa shape index (κ2) is 8.90. The lowest BCUT2D eigenvalue weighted by Crippen LogP contribution is -2.46. The Morgan fingerprint density at radius 3 is 2.60 bits per heavy atom. The normalized spacial score (nSPS) is 21.1. The number of hydrogen-bond donors (Lipinski definition) is 1. The summed E-state index contributed by atoms with van der Waals surface area (Å²) >= 11 is 0. The van der Waals surface area contributed by atoms with E-state index in [1.165, 1.54) is 31.9 Å². The molecule has 0 radical (unpaired) electrons. The van der Waals surface area contributed by atoms with Crippen LogP contribution in [0.25, 0.3) is 5.69 Å². The molecule has 4 rings (SSSR count). The summed E-state index contributed by atoms with van der Waals surface area (Å²) in [6.45, 7) is 5.66. The van der Waals surface area contributed by atoms with Crippen LogP contribution in [0.1, 0.15) is 55.1 Å². The van der Waals surface area contributed by atoms with Gasteiger partial charge in [-0.2, -0.15) is 5.10 Å². The van der Waals surface area contributed by atoms with Crippen LogP contribution in [-0.2, 0) is 4.74 Å². The quantitative estimate of drug-likeness (QED) is 0.758. The molecule has 1 aromatic carbocycles. The fraction of sp³-hybridized carbons (Fsp3) is 0.522. The van der Waals surface area contributed by atoms with Crippen molar-refractivity contribution in [2.24, 2.45) is 11.8 Å². The zero-order valence-corrected chi connectivity index (χ0v) is 17.8. The summed E-state index contributed by atoms with van der Waals surface area (Å²) in [7, 11) is 0. The van der Waals surface area contributed by atoms with E-state index in [-0.39, 0.29) is 12.0 Å². The number of urea groups is 1. The number of carbonyl (C=O) groups excluding carboxylic acids is 2. The summed E-state index contributed by atoms with van der Waals surface area (Å²) in [5, 5.41) is 7.34. The molecule has 2 atom stereocenters. The van der Waals surface area contributed by atoms with E-state index in [2.05, 4.69) is 10.4 Å². The second-order valence-corrected chi connectivity index (χ2v) is 8.29. The van der Waals surface area contributed by atoms with Crippen molar-refractivity contribution < 1.29 is 14.3 Å². The predicted octanol–water partition coefficient (Wildman–Crippen LogP) is 4.40. The molecule has 1 aliphatic carbocycles. The maximum absolute atomic E-state index is 12.7. The van der Waals surface area contributed by atoms with Crippen molar-refractivity contribution in [3.63, 3.8) is 0 Å². The molecule has 160 valence electrons. The highest BCUT2D eigenvalue weighted by Crippen LogP contribution is 2.36. The predicted molar refractivity (Wildman–Crippen MR) is 115 cm³/mol. The molecule has 2 aliphatic rings. The van der Waals surface area contributed by atoms with Gasteiger partial charge in [-0.3, -0.25) is 0 Å². The average Bonchev–Trinajstić information content (AvgIpc) is 3.15. The van der Waals surface area contributed by atoms with E-state index in [9.17, 15) is 9.59 Å². The summed E-state index contributed by atoms with van der Waals surface area (Å²) in [5.41, 5.74) is 2.76. The number of carbonyl (C=O) groups is 2. The molecule has 1 saturated heterocycles. The molecule has 0 bridgehead atoms. The Hall–Kier alpha value is -2.83. The van der Waals surface area contributed by atoms with Crippen LogP contribution >= 0.6 is 0 Å². The minimum atomic E-state index is -0.369. The Kier molecular flexibility index (Phi) is 6.06. The number of anilines is 1. The largest absolute Gasteiger partial charge is 0.462 e. The maximum Gasteiger partial charge on any atom is 0.341 e. The SMILES string of the molecule is CCOC(=O)c1cnn(-c2ccc(NC(=O)N3CC[C@@H]4CCCC[C@@H]4C3)cc2)c1C. The number of benzene rings is 1. The topological polar surface area (TPSA) is 76.5 Å². The van der Waals surface area contributed by atoms with Gasteiger partial charge < -0.3 is 15.0 Å². The highest BCUT2D eigenvalue weighted by atomic mass is 16.5. The van der Waals surface area contributed by atoms with E-state index in [0.29, 0.717) is 18.1 Å². The molecule has 2 heterocycles. The van der Waals surface area contributed by atoms with Crippen LogP contribution in [0.3, 0.4) is 0 Å². The summed E-state index contributed by atoms with van der Waals surface area (Å²) in [6.07, 6.45) is 7.86. The molecule has 2 fully saturated rings. The fourth-order valence-corrected chi connectivity index (χ4v) is 4.75. The molecule has 1 aliphatic heterocycles. The van der Waals surface area contributed by atoms with Crippen LogP contribution in [-0.4, -0.2) is 46.4 Å². The lowest BCUT2D eigenvalue weighted by Gasteiger charge is -2.41. The molecule has 1 aromatic heterocycles. The van der Waals surface area contributed by atoms with E-state index in [1.54, 1.807) is 11.6 Å². The molecule has 0 unspecified atom stereocenters. The van der Waals surface area contributed by atoms with Gasteiger partial charge >= 0.3 is 12.0 Å². The number of esters is 1. The fourth-order valence-electron chi connectivity index (χ4n) is 4.75. The molecule has 7 nitrogen and oxygen atoms in total. The standard InChI is InChI=1S/C23H30N4O3/c1-3-30-22(28)21-14-24-27(16(21)2)20-10-8-19(9-11-20)25-23(29)26-13-12-17-6-4-5-7-18(17)15-26/h8-11,14,17-18H,3-7,12-13,15H2,1-2H3,(H,25,29)/t17-,18+/m0/s1. The smallest absolute Gasteiger partial charge is 0.341 e. The van der Waals surface area contributed by atoms with Crippen LogP contribution in [0.4, 0.5) is 10.5 Å². The van der Waals surface area contributed by atoms with Crippen LogP contribution in [0.2, 0.25) is 0 Å². The van der Waals surface area contributed by atoms with Crippen molar-refractivity contribution >= 4 is 17.7 Å². The summed E-state index contributed by atoms with van der Waals surface area (Å²) < 4.78 is 6.77. The number of fused-ring (bicyclic) bond motifs is 1. The van der Waals surface area contributed by atoms with Crippen molar-refractivity contribution in [1.29, 1.82) is 0 Å². The average molecular weight is 411 g/mol. The molecule has 30 heavy (non-hydrogen) atoms. The summed E-state index contributed by atoms with van der Waals surface area (Å²) in [6, 6.07) is 7.49. The maximum atomic E-state index is 12.7. The van der Waals surface area contributed by atoms with E-state index in [1.807, 2.05) is 36.1 Å². The summed E-state index contributed by atoms with van der Waals surface area (Å²) in [5.74, 6) is 1.10. The van der Waals surface area contributed by atoms with Gasteiger partial charge in [-0.25, -0.2) is 14.3 Å². The Bertz CT molecular complexity index is 906. The highest BCUT2D eigenvalue weighted by Gasteiger charge is 2.32. The Morgan fingerprint density at radius 2 is 1.87 bits per heavy atom. The Morgan fingerprint density at radius 1 is 1.13 bits per heavy atom. The lowest BCUT2D eigenvalue weighted by atomic mass is 9.75. The van der Waals surface area contributed by atoms with E-state index < -0.39 is 0 Å². The number of hydrogen-bond acceptors (Lipinski definition) is 4. The zero-order valence-electron chi connectivity index (χ0n) is 17.8. The van der Waals surface area contributed by atoms with Crippen molar-refractivity contribution in [3.8, 4) is 5.69 Å². The van der Waals surface area contributed by atoms with Crippen LogP contribution in [0.15, 0.2) is 30.5 Å². The van der Waals surface area contributed by atoms with Gasteiger partial charge in [-0.05, 0) is 62.8 Å². The van der Waals surface area contributed by atoms with Gasteiger partial charge in [0.05, 0.1) is 24.2 Å². The van der Waals surface area contributed by atoms with Crippen molar-refractivity contribution in [1.82, 2.24) is 14.7 Å². The third-order valence-corrected chi connectivity index (χ3v) is 6.45. The van der Waals surface area contributed by atoms with Gasteiger partial charge in [-0.15, -0.1) is 0 Å². The second-order valence-electron chi connectivity index (χ2n) is 8.29. The molecule has 1 N–H and O–H groups in total. The minimum absolute atomic E-state index is 0.0216. The number of ether oxygens (including phenoxy) is 1. The number of aromatic nitrogens is 2. The van der Waals surface area contributed by atoms with E-state index >= 15 is 0 Å². The van der Waals surface area contributed by atoms with Gasteiger partial charge in [0, 0.05) is 18.8 Å². The van der Waals surface area contributed by atoms with E-state index in [4.69, 9.17) is 4.74 Å². The zero-order chi connectivity index (χ0) is 21.1. The number of nitrogens with zero attached hydrogens (tertiary/aromatic N) is 3. The van der Waals surface area contributed by atoms with Crippen LogP contribution < -0.4 is 5.32 Å². The van der Waals surface area contributed by atoms with Gasteiger partial charge in [0.1, 0.15) is 5.56 Å². The first-order valence-corrected chi connectivity index (χ1v) is 10.9. The first-order valence-electron chi connectivity index (χ1n) is 10.9. The van der Waals surface area contributed by atoms with Gasteiger partial charge in [0.15, 0.2) is 0 Å². The third-order valence-electron chi connectivity index (χ3n) is 6.45. The van der Waals surface area contributed by atoms with Crippen molar-refractivity contribution in [2.45, 2.75) is 46.0 Å². The van der Waals surface area contributed by atoms with Crippen molar-refractivity contribution in [2.75, 3.05) is 25.0 Å². The molecule has 2 aromatic rings. The molecule has 1 saturated carbocycles. The third kappa shape index (κ3) is 4.20. The van der Waals surface area contributed by atoms with Gasteiger partial charge in [0.25, 0.3) is 0 Å². The van der Waals surface area contributed by atoms with Gasteiger partial charge in [-0.1, -0.05) is 19.3 Å². The molecular formula is C23H30N4O3. The number of nitrogens with one attached hydrogen (secondary N) is 1. The Labute approximate surface area is 177 Å². The highest BCUT2D eigenvalue weighted by molar-refractivity contribution is 5.91. The van der Waals surface area contributed by atoms with Crippen LogP contribution in [0, 0.1) is 18.8 Å².